The summed E-state index contributed by atoms with van der Waals surface area (Å²) in [6.45, 7) is 8.91. The molecule has 4 heteroatoms. The molecule has 1 amide bonds. The molecule has 0 radical (unpaired) electrons. The van der Waals surface area contributed by atoms with Gasteiger partial charge in [-0.2, -0.15) is 0 Å². The lowest BCUT2D eigenvalue weighted by Crippen LogP contribution is -2.38. The molecule has 4 nitrogen and oxygen atoms in total. The van der Waals surface area contributed by atoms with E-state index in [2.05, 4.69) is 55.3 Å². The summed E-state index contributed by atoms with van der Waals surface area (Å²) < 4.78 is 5.16. The number of methoxy groups -OCH3 is 1. The Bertz CT molecular complexity index is 676. The quantitative estimate of drug-likeness (QED) is 0.746. The molecule has 0 bridgehead atoms. The first kappa shape index (κ1) is 20.0. The highest BCUT2D eigenvalue weighted by Crippen LogP contribution is 2.20. The lowest BCUT2D eigenvalue weighted by Gasteiger charge is -2.30. The third-order valence-corrected chi connectivity index (χ3v) is 4.73. The molecule has 0 aliphatic rings. The second kappa shape index (κ2) is 9.97. The van der Waals surface area contributed by atoms with Crippen molar-refractivity contribution in [2.75, 3.05) is 26.7 Å². The van der Waals surface area contributed by atoms with Gasteiger partial charge in [-0.15, -0.1) is 0 Å². The lowest BCUT2D eigenvalue weighted by atomic mass is 10.0. The summed E-state index contributed by atoms with van der Waals surface area (Å²) in [6.07, 6.45) is 0.378. The largest absolute Gasteiger partial charge is 0.497 e. The Kier molecular flexibility index (Phi) is 7.67. The van der Waals surface area contributed by atoms with E-state index in [4.69, 9.17) is 4.74 Å². The molecule has 0 aliphatic carbocycles. The molecule has 0 saturated carbocycles. The molecule has 0 aromatic heterocycles. The average Bonchev–Trinajstić information content (AvgIpc) is 2.66. The van der Waals surface area contributed by atoms with Gasteiger partial charge in [-0.1, -0.05) is 55.8 Å². The smallest absolute Gasteiger partial charge is 0.224 e. The molecule has 1 N–H and O–H groups in total. The SMILES string of the molecule is CCN(CC)C(CNC(=O)Cc1ccc(OC)cc1)c1ccc(C)cc1. The molecule has 140 valence electrons. The first-order valence-corrected chi connectivity index (χ1v) is 9.27. The normalized spacial score (nSPS) is 12.0. The highest BCUT2D eigenvalue weighted by atomic mass is 16.5. The van der Waals surface area contributed by atoms with Crippen LogP contribution in [0.3, 0.4) is 0 Å². The topological polar surface area (TPSA) is 41.6 Å². The second-order valence-electron chi connectivity index (χ2n) is 6.48. The van der Waals surface area contributed by atoms with E-state index in [-0.39, 0.29) is 11.9 Å². The van der Waals surface area contributed by atoms with Crippen molar-refractivity contribution in [2.24, 2.45) is 0 Å². The van der Waals surface area contributed by atoms with Gasteiger partial charge in [-0.25, -0.2) is 0 Å². The Morgan fingerprint density at radius 2 is 1.65 bits per heavy atom. The van der Waals surface area contributed by atoms with Gasteiger partial charge in [0.15, 0.2) is 0 Å². The molecule has 0 saturated heterocycles. The van der Waals surface area contributed by atoms with Gasteiger partial charge in [0.25, 0.3) is 0 Å². The van der Waals surface area contributed by atoms with E-state index in [9.17, 15) is 4.79 Å². The molecule has 0 spiro atoms. The van der Waals surface area contributed by atoms with Crippen LogP contribution in [-0.4, -0.2) is 37.6 Å². The van der Waals surface area contributed by atoms with Crippen LogP contribution in [0.4, 0.5) is 0 Å². The first-order chi connectivity index (χ1) is 12.6. The van der Waals surface area contributed by atoms with Gasteiger partial charge in [-0.05, 0) is 43.3 Å². The van der Waals surface area contributed by atoms with Crippen LogP contribution < -0.4 is 10.1 Å². The van der Waals surface area contributed by atoms with Gasteiger partial charge >= 0.3 is 0 Å². The number of hydrogen-bond acceptors (Lipinski definition) is 3. The van der Waals surface area contributed by atoms with Gasteiger partial charge in [0.1, 0.15) is 5.75 Å². The van der Waals surface area contributed by atoms with Gasteiger partial charge in [0, 0.05) is 6.54 Å². The number of aryl methyl sites for hydroxylation is 1. The van der Waals surface area contributed by atoms with Crippen LogP contribution in [0.2, 0.25) is 0 Å². The maximum atomic E-state index is 12.4. The summed E-state index contributed by atoms with van der Waals surface area (Å²) in [5, 5.41) is 3.11. The van der Waals surface area contributed by atoms with Crippen LogP contribution in [0, 0.1) is 6.92 Å². The monoisotopic (exact) mass is 354 g/mol. The van der Waals surface area contributed by atoms with Gasteiger partial charge in [0.05, 0.1) is 19.6 Å². The van der Waals surface area contributed by atoms with Crippen molar-refractivity contribution in [2.45, 2.75) is 33.2 Å². The third kappa shape index (κ3) is 5.60. The minimum atomic E-state index is 0.0411. The Hall–Kier alpha value is -2.33. The predicted molar refractivity (Wildman–Crippen MR) is 107 cm³/mol. The molecular formula is C22H30N2O2. The zero-order valence-corrected chi connectivity index (χ0v) is 16.3. The minimum Gasteiger partial charge on any atom is -0.497 e. The van der Waals surface area contributed by atoms with E-state index in [1.165, 1.54) is 11.1 Å². The number of amides is 1. The van der Waals surface area contributed by atoms with Crippen molar-refractivity contribution < 1.29 is 9.53 Å². The molecule has 1 atom stereocenters. The molecule has 0 heterocycles. The van der Waals surface area contributed by atoms with Crippen molar-refractivity contribution in [3.63, 3.8) is 0 Å². The van der Waals surface area contributed by atoms with E-state index in [1.807, 2.05) is 24.3 Å². The number of carbonyl (C=O) groups is 1. The number of rotatable bonds is 9. The first-order valence-electron chi connectivity index (χ1n) is 9.27. The van der Waals surface area contributed by atoms with E-state index in [1.54, 1.807) is 7.11 Å². The number of nitrogens with zero attached hydrogens (tertiary/aromatic N) is 1. The van der Waals surface area contributed by atoms with Crippen LogP contribution in [0.15, 0.2) is 48.5 Å². The van der Waals surface area contributed by atoms with E-state index >= 15 is 0 Å². The molecule has 2 rings (SSSR count). The van der Waals surface area contributed by atoms with Crippen molar-refractivity contribution in [1.29, 1.82) is 0 Å². The fourth-order valence-electron chi connectivity index (χ4n) is 3.11. The fraction of sp³-hybridized carbons (Fsp3) is 0.409. The molecule has 1 unspecified atom stereocenters. The standard InChI is InChI=1S/C22H30N2O2/c1-5-24(6-2)21(19-11-7-17(3)8-12-19)16-23-22(25)15-18-9-13-20(26-4)14-10-18/h7-14,21H,5-6,15-16H2,1-4H3,(H,23,25). The summed E-state index contributed by atoms with van der Waals surface area (Å²) >= 11 is 0. The lowest BCUT2D eigenvalue weighted by molar-refractivity contribution is -0.120. The fourth-order valence-corrected chi connectivity index (χ4v) is 3.11. The van der Waals surface area contributed by atoms with E-state index < -0.39 is 0 Å². The molecule has 26 heavy (non-hydrogen) atoms. The summed E-state index contributed by atoms with van der Waals surface area (Å²) in [4.78, 5) is 14.8. The zero-order valence-electron chi connectivity index (χ0n) is 16.3. The van der Waals surface area contributed by atoms with Crippen molar-refractivity contribution in [1.82, 2.24) is 10.2 Å². The number of benzene rings is 2. The zero-order chi connectivity index (χ0) is 18.9. The highest BCUT2D eigenvalue weighted by Gasteiger charge is 2.18. The molecule has 0 aliphatic heterocycles. The predicted octanol–water partition coefficient (Wildman–Crippen LogP) is 3.75. The number of likely N-dealkylation sites (N-methyl/N-ethyl adjacent to an activating group) is 1. The summed E-state index contributed by atoms with van der Waals surface area (Å²) in [5.74, 6) is 0.842. The number of hydrogen-bond donors (Lipinski definition) is 1. The maximum absolute atomic E-state index is 12.4. The number of ether oxygens (including phenoxy) is 1. The van der Waals surface area contributed by atoms with Gasteiger partial charge in [0.2, 0.25) is 5.91 Å². The minimum absolute atomic E-state index is 0.0411. The Morgan fingerprint density at radius 3 is 2.19 bits per heavy atom. The number of nitrogens with one attached hydrogen (secondary N) is 1. The van der Waals surface area contributed by atoms with Crippen LogP contribution in [0.25, 0.3) is 0 Å². The Labute approximate surface area is 157 Å². The second-order valence-corrected chi connectivity index (χ2v) is 6.48. The van der Waals surface area contributed by atoms with Crippen LogP contribution in [0.5, 0.6) is 5.75 Å². The average molecular weight is 354 g/mol. The van der Waals surface area contributed by atoms with Crippen LogP contribution in [0.1, 0.15) is 36.6 Å². The Balaban J connectivity index is 2.00. The van der Waals surface area contributed by atoms with Gasteiger partial charge < -0.3 is 10.1 Å². The maximum Gasteiger partial charge on any atom is 0.224 e. The van der Waals surface area contributed by atoms with Crippen molar-refractivity contribution in [3.8, 4) is 5.75 Å². The molecule has 0 fully saturated rings. The van der Waals surface area contributed by atoms with Crippen LogP contribution in [-0.2, 0) is 11.2 Å². The van der Waals surface area contributed by atoms with Crippen molar-refractivity contribution in [3.05, 3.63) is 65.2 Å². The highest BCUT2D eigenvalue weighted by molar-refractivity contribution is 5.78. The summed E-state index contributed by atoms with van der Waals surface area (Å²) in [7, 11) is 1.64. The molecule has 2 aromatic carbocycles. The summed E-state index contributed by atoms with van der Waals surface area (Å²) in [6, 6.07) is 16.4. The van der Waals surface area contributed by atoms with Crippen LogP contribution >= 0.6 is 0 Å². The molecular weight excluding hydrogens is 324 g/mol. The van der Waals surface area contributed by atoms with Gasteiger partial charge in [-0.3, -0.25) is 9.69 Å². The number of carbonyl (C=O) groups excluding carboxylic acids is 1. The van der Waals surface area contributed by atoms with E-state index in [0.29, 0.717) is 13.0 Å². The third-order valence-electron chi connectivity index (χ3n) is 4.73. The van der Waals surface area contributed by atoms with E-state index in [0.717, 1.165) is 24.4 Å². The Morgan fingerprint density at radius 1 is 1.04 bits per heavy atom. The van der Waals surface area contributed by atoms with Crippen molar-refractivity contribution >= 4 is 5.91 Å². The molecule has 2 aromatic rings. The summed E-state index contributed by atoms with van der Waals surface area (Å²) in [5.41, 5.74) is 3.47.